The van der Waals surface area contributed by atoms with Gasteiger partial charge in [-0.05, 0) is 29.7 Å². The van der Waals surface area contributed by atoms with Crippen molar-refractivity contribution >= 4 is 23.1 Å². The number of halogens is 1. The van der Waals surface area contributed by atoms with Crippen molar-refractivity contribution in [1.82, 2.24) is 9.97 Å². The second-order valence-corrected chi connectivity index (χ2v) is 4.94. The summed E-state index contributed by atoms with van der Waals surface area (Å²) in [4.78, 5) is 19.4. The molecule has 3 rings (SSSR count). The molecule has 6 heteroatoms. The van der Waals surface area contributed by atoms with E-state index < -0.39 is 5.97 Å². The van der Waals surface area contributed by atoms with E-state index in [9.17, 15) is 4.79 Å². The van der Waals surface area contributed by atoms with Gasteiger partial charge in [-0.3, -0.25) is 0 Å². The predicted molar refractivity (Wildman–Crippen MR) is 64.2 cm³/mol. The molecule has 0 radical (unpaired) electrons. The molecule has 0 saturated carbocycles. The molecule has 0 atom stereocenters. The number of hydrogen-bond acceptors (Lipinski definition) is 5. The number of ether oxygens (including phenoxy) is 2. The third-order valence-corrected chi connectivity index (χ3v) is 3.39. The Bertz CT molecular complexity index is 552. The molecule has 18 heavy (non-hydrogen) atoms. The Morgan fingerprint density at radius 1 is 1.50 bits per heavy atom. The van der Waals surface area contributed by atoms with E-state index in [4.69, 9.17) is 16.3 Å². The number of rotatable bonds is 2. The van der Waals surface area contributed by atoms with E-state index in [2.05, 4.69) is 20.8 Å². The van der Waals surface area contributed by atoms with Crippen LogP contribution in [0.3, 0.4) is 0 Å². The van der Waals surface area contributed by atoms with E-state index in [1.165, 1.54) is 7.11 Å². The average molecular weight is 267 g/mol. The summed E-state index contributed by atoms with van der Waals surface area (Å²) in [6, 6.07) is 1.61. The molecule has 0 aromatic carbocycles. The fourth-order valence-electron chi connectivity index (χ4n) is 2.23. The Kier molecular flexibility index (Phi) is 2.60. The van der Waals surface area contributed by atoms with Crippen molar-refractivity contribution < 1.29 is 14.3 Å². The zero-order chi connectivity index (χ0) is 12.8. The van der Waals surface area contributed by atoms with Crippen LogP contribution in [0.15, 0.2) is 12.1 Å². The van der Waals surface area contributed by atoms with E-state index in [1.807, 2.05) is 0 Å². The molecule has 1 aliphatic carbocycles. The van der Waals surface area contributed by atoms with Crippen LogP contribution in [0.2, 0.25) is 5.28 Å². The number of methoxy groups -OCH3 is 1. The molecule has 0 unspecified atom stereocenters. The smallest absolute Gasteiger partial charge is 0.356 e. The van der Waals surface area contributed by atoms with Gasteiger partial charge in [-0.1, -0.05) is 6.08 Å². The lowest BCUT2D eigenvalue weighted by molar-refractivity contribution is -0.0867. The zero-order valence-corrected chi connectivity index (χ0v) is 10.5. The molecule has 2 aliphatic rings. The number of nitrogens with zero attached hydrogens (tertiary/aromatic N) is 2. The van der Waals surface area contributed by atoms with Crippen molar-refractivity contribution in [2.45, 2.75) is 6.42 Å². The molecule has 0 N–H and O–H groups in total. The van der Waals surface area contributed by atoms with Crippen LogP contribution < -0.4 is 0 Å². The summed E-state index contributed by atoms with van der Waals surface area (Å²) in [5, 5.41) is 0.0552. The third-order valence-electron chi connectivity index (χ3n) is 3.22. The molecule has 94 valence electrons. The van der Waals surface area contributed by atoms with Crippen molar-refractivity contribution in [2.75, 3.05) is 20.3 Å². The topological polar surface area (TPSA) is 61.3 Å². The lowest BCUT2D eigenvalue weighted by Gasteiger charge is -2.46. The minimum Gasteiger partial charge on any atom is -0.464 e. The fraction of sp³-hybridized carbons (Fsp3) is 0.417. The third kappa shape index (κ3) is 1.79. The van der Waals surface area contributed by atoms with Crippen LogP contribution in [0, 0.1) is 5.41 Å². The lowest BCUT2D eigenvalue weighted by atomic mass is 9.68. The maximum absolute atomic E-state index is 11.4. The molecule has 0 bridgehead atoms. The van der Waals surface area contributed by atoms with Crippen LogP contribution in [0.25, 0.3) is 5.57 Å². The number of carbonyl (C=O) groups is 1. The number of aromatic nitrogens is 2. The normalized spacial score (nSPS) is 19.8. The summed E-state index contributed by atoms with van der Waals surface area (Å²) in [6.45, 7) is 1.53. The lowest BCUT2D eigenvalue weighted by Crippen LogP contribution is -2.45. The largest absolute Gasteiger partial charge is 0.464 e. The van der Waals surface area contributed by atoms with Gasteiger partial charge in [0.25, 0.3) is 0 Å². The molecule has 1 saturated heterocycles. The first-order chi connectivity index (χ1) is 8.62. The fourth-order valence-corrected chi connectivity index (χ4v) is 2.41. The summed E-state index contributed by atoms with van der Waals surface area (Å²) < 4.78 is 9.81. The number of carbonyl (C=O) groups excluding carboxylic acids is 1. The van der Waals surface area contributed by atoms with Crippen molar-refractivity contribution in [2.24, 2.45) is 5.41 Å². The van der Waals surface area contributed by atoms with Crippen LogP contribution in [-0.2, 0) is 9.47 Å². The molecule has 2 heterocycles. The van der Waals surface area contributed by atoms with Crippen molar-refractivity contribution in [3.05, 3.63) is 28.8 Å². The van der Waals surface area contributed by atoms with Crippen LogP contribution in [-0.4, -0.2) is 36.3 Å². The molecular formula is C12H11ClN2O3. The highest BCUT2D eigenvalue weighted by Crippen LogP contribution is 2.48. The second-order valence-electron chi connectivity index (χ2n) is 4.60. The van der Waals surface area contributed by atoms with Crippen LogP contribution >= 0.6 is 11.6 Å². The monoisotopic (exact) mass is 266 g/mol. The van der Waals surface area contributed by atoms with Crippen molar-refractivity contribution in [1.29, 1.82) is 0 Å². The highest BCUT2D eigenvalue weighted by Gasteiger charge is 2.44. The van der Waals surface area contributed by atoms with Gasteiger partial charge >= 0.3 is 5.97 Å². The van der Waals surface area contributed by atoms with Crippen LogP contribution in [0.1, 0.15) is 22.6 Å². The molecule has 1 fully saturated rings. The Balaban J connectivity index is 1.91. The highest BCUT2D eigenvalue weighted by molar-refractivity contribution is 6.28. The van der Waals surface area contributed by atoms with E-state index >= 15 is 0 Å². The van der Waals surface area contributed by atoms with Gasteiger partial charge in [-0.15, -0.1) is 0 Å². The summed E-state index contributed by atoms with van der Waals surface area (Å²) in [7, 11) is 1.31. The Morgan fingerprint density at radius 2 is 2.22 bits per heavy atom. The van der Waals surface area contributed by atoms with E-state index in [0.29, 0.717) is 5.69 Å². The molecule has 0 amide bonds. The maximum Gasteiger partial charge on any atom is 0.356 e. The Labute approximate surface area is 109 Å². The maximum atomic E-state index is 11.4. The molecule has 1 aromatic heterocycles. The standard InChI is InChI=1S/C12H11ClN2O3/c1-17-10(16)9-2-8(14-11(13)15-9)7-3-12(4-7)5-18-6-12/h2-3H,4-6H2,1H3. The second kappa shape index (κ2) is 4.03. The molecule has 1 aliphatic heterocycles. The predicted octanol–water partition coefficient (Wildman–Crippen LogP) is 1.72. The Hall–Kier alpha value is -1.46. The number of allylic oxidation sites excluding steroid dienone is 1. The minimum absolute atomic E-state index is 0.0552. The number of hydrogen-bond donors (Lipinski definition) is 0. The molecular weight excluding hydrogens is 256 g/mol. The van der Waals surface area contributed by atoms with Gasteiger partial charge in [-0.25, -0.2) is 14.8 Å². The quantitative estimate of drug-likeness (QED) is 0.602. The summed E-state index contributed by atoms with van der Waals surface area (Å²) >= 11 is 5.81. The average Bonchev–Trinajstić information content (AvgIpc) is 2.23. The summed E-state index contributed by atoms with van der Waals surface area (Å²) in [5.74, 6) is -0.512. The first kappa shape index (κ1) is 11.6. The summed E-state index contributed by atoms with van der Waals surface area (Å²) in [5.41, 5.74) is 2.14. The van der Waals surface area contributed by atoms with E-state index in [1.54, 1.807) is 6.07 Å². The first-order valence-corrected chi connectivity index (χ1v) is 5.92. The van der Waals surface area contributed by atoms with E-state index in [0.717, 1.165) is 25.2 Å². The van der Waals surface area contributed by atoms with E-state index in [-0.39, 0.29) is 16.4 Å². The molecule has 5 nitrogen and oxygen atoms in total. The zero-order valence-electron chi connectivity index (χ0n) is 9.77. The number of esters is 1. The van der Waals surface area contributed by atoms with Gasteiger partial charge in [0.05, 0.1) is 26.0 Å². The van der Waals surface area contributed by atoms with Gasteiger partial charge in [-0.2, -0.15) is 0 Å². The van der Waals surface area contributed by atoms with Gasteiger partial charge < -0.3 is 9.47 Å². The first-order valence-electron chi connectivity index (χ1n) is 5.55. The van der Waals surface area contributed by atoms with Gasteiger partial charge in [0, 0.05) is 5.41 Å². The van der Waals surface area contributed by atoms with Gasteiger partial charge in [0.2, 0.25) is 5.28 Å². The van der Waals surface area contributed by atoms with Gasteiger partial charge in [0.1, 0.15) is 0 Å². The van der Waals surface area contributed by atoms with Crippen LogP contribution in [0.5, 0.6) is 0 Å². The van der Waals surface area contributed by atoms with Crippen LogP contribution in [0.4, 0.5) is 0 Å². The minimum atomic E-state index is -0.512. The SMILES string of the molecule is COC(=O)c1cc(C2=CC3(COC3)C2)nc(Cl)n1. The summed E-state index contributed by atoms with van der Waals surface area (Å²) in [6.07, 6.45) is 3.04. The molecule has 1 aromatic rings. The van der Waals surface area contributed by atoms with Crippen molar-refractivity contribution in [3.63, 3.8) is 0 Å². The van der Waals surface area contributed by atoms with Crippen molar-refractivity contribution in [3.8, 4) is 0 Å². The highest BCUT2D eigenvalue weighted by atomic mass is 35.5. The Morgan fingerprint density at radius 3 is 2.78 bits per heavy atom. The molecule has 1 spiro atoms. The van der Waals surface area contributed by atoms with Gasteiger partial charge in [0.15, 0.2) is 5.69 Å².